The first-order valence-corrected chi connectivity index (χ1v) is 8.04. The van der Waals surface area contributed by atoms with Crippen LogP contribution < -0.4 is 10.6 Å². The first-order valence-electron chi connectivity index (χ1n) is 8.04. The molecule has 2 atom stereocenters. The number of carbonyl (C=O) groups excluding carboxylic acids is 1. The van der Waals surface area contributed by atoms with E-state index >= 15 is 0 Å². The van der Waals surface area contributed by atoms with E-state index in [1.54, 1.807) is 0 Å². The highest BCUT2D eigenvalue weighted by atomic mass is 16.1. The lowest BCUT2D eigenvalue weighted by Gasteiger charge is -2.37. The van der Waals surface area contributed by atoms with Crippen LogP contribution in [0, 0.1) is 0 Å². The van der Waals surface area contributed by atoms with E-state index in [2.05, 4.69) is 22.5 Å². The molecule has 3 rings (SSSR count). The molecule has 2 saturated heterocycles. The molecule has 1 aliphatic carbocycles. The molecule has 0 aromatic heterocycles. The molecule has 108 valence electrons. The van der Waals surface area contributed by atoms with Crippen molar-refractivity contribution in [2.45, 2.75) is 76.0 Å². The first-order chi connectivity index (χ1) is 9.24. The van der Waals surface area contributed by atoms with E-state index in [0.717, 1.165) is 25.2 Å². The molecule has 19 heavy (non-hydrogen) atoms. The quantitative estimate of drug-likeness (QED) is 0.760. The number of hydrogen-bond acceptors (Lipinski definition) is 3. The van der Waals surface area contributed by atoms with Crippen molar-refractivity contribution in [1.29, 1.82) is 0 Å². The van der Waals surface area contributed by atoms with E-state index in [-0.39, 0.29) is 5.91 Å². The van der Waals surface area contributed by atoms with Crippen molar-refractivity contribution in [1.82, 2.24) is 15.5 Å². The number of piperidine rings is 1. The van der Waals surface area contributed by atoms with Crippen molar-refractivity contribution in [3.05, 3.63) is 0 Å². The van der Waals surface area contributed by atoms with Crippen LogP contribution in [0.5, 0.6) is 0 Å². The van der Waals surface area contributed by atoms with Gasteiger partial charge < -0.3 is 15.5 Å². The zero-order chi connectivity index (χ0) is 13.2. The Morgan fingerprint density at radius 3 is 2.47 bits per heavy atom. The zero-order valence-electron chi connectivity index (χ0n) is 12.0. The molecular formula is C15H27N3O. The Bertz CT molecular complexity index is 317. The maximum atomic E-state index is 11.8. The molecule has 4 heteroatoms. The van der Waals surface area contributed by atoms with Gasteiger partial charge in [0.2, 0.25) is 5.91 Å². The Hall–Kier alpha value is -0.610. The van der Waals surface area contributed by atoms with Crippen LogP contribution in [-0.4, -0.2) is 48.1 Å². The Morgan fingerprint density at radius 1 is 1.21 bits per heavy atom. The maximum Gasteiger partial charge on any atom is 0.221 e. The minimum atomic E-state index is 0.248. The highest BCUT2D eigenvalue weighted by molar-refractivity contribution is 5.76. The third kappa shape index (κ3) is 3.48. The number of nitrogens with zero attached hydrogens (tertiary/aromatic N) is 1. The Morgan fingerprint density at radius 2 is 1.89 bits per heavy atom. The topological polar surface area (TPSA) is 44.4 Å². The number of hydrogen-bond donors (Lipinski definition) is 2. The summed E-state index contributed by atoms with van der Waals surface area (Å²) < 4.78 is 0. The van der Waals surface area contributed by atoms with Gasteiger partial charge in [-0.1, -0.05) is 6.92 Å². The van der Waals surface area contributed by atoms with Crippen molar-refractivity contribution >= 4 is 5.91 Å². The largest absolute Gasteiger partial charge is 0.353 e. The second kappa shape index (κ2) is 5.80. The smallest absolute Gasteiger partial charge is 0.221 e. The molecule has 2 unspecified atom stereocenters. The first kappa shape index (κ1) is 13.4. The fourth-order valence-corrected chi connectivity index (χ4v) is 3.70. The zero-order valence-corrected chi connectivity index (χ0v) is 12.0. The summed E-state index contributed by atoms with van der Waals surface area (Å²) in [5, 5.41) is 6.78. The molecule has 0 aromatic rings. The standard InChI is InChI=1S/C15H27N3O/c1-2-18(8-7-15(19)17-11-3-4-11)14-9-12-5-6-13(10-14)16-12/h11-14,16H,2-10H2,1H3,(H,17,19). The lowest BCUT2D eigenvalue weighted by atomic mass is 9.98. The van der Waals surface area contributed by atoms with Gasteiger partial charge in [0.15, 0.2) is 0 Å². The van der Waals surface area contributed by atoms with E-state index in [1.165, 1.54) is 38.5 Å². The summed E-state index contributed by atoms with van der Waals surface area (Å²) in [5.41, 5.74) is 0. The van der Waals surface area contributed by atoms with Crippen LogP contribution in [0.3, 0.4) is 0 Å². The van der Waals surface area contributed by atoms with Gasteiger partial charge in [0.1, 0.15) is 0 Å². The summed E-state index contributed by atoms with van der Waals surface area (Å²) >= 11 is 0. The van der Waals surface area contributed by atoms with Crippen molar-refractivity contribution < 1.29 is 4.79 Å². The average molecular weight is 265 g/mol. The van der Waals surface area contributed by atoms with Crippen molar-refractivity contribution in [3.8, 4) is 0 Å². The molecule has 2 aliphatic heterocycles. The number of amides is 1. The van der Waals surface area contributed by atoms with Gasteiger partial charge in [-0.05, 0) is 45.1 Å². The van der Waals surface area contributed by atoms with E-state index < -0.39 is 0 Å². The van der Waals surface area contributed by atoms with Gasteiger partial charge in [-0.3, -0.25) is 4.79 Å². The van der Waals surface area contributed by atoms with Crippen molar-refractivity contribution in [2.75, 3.05) is 13.1 Å². The van der Waals surface area contributed by atoms with Gasteiger partial charge in [0.05, 0.1) is 0 Å². The third-order valence-electron chi connectivity index (χ3n) is 4.94. The molecule has 2 heterocycles. The highest BCUT2D eigenvalue weighted by Crippen LogP contribution is 2.29. The molecule has 0 aromatic carbocycles. The SMILES string of the molecule is CCN(CCC(=O)NC1CC1)C1CC2CCC(C1)N2. The van der Waals surface area contributed by atoms with E-state index in [1.807, 2.05) is 0 Å². The van der Waals surface area contributed by atoms with Gasteiger partial charge in [-0.15, -0.1) is 0 Å². The van der Waals surface area contributed by atoms with Gasteiger partial charge in [0.25, 0.3) is 0 Å². The van der Waals surface area contributed by atoms with Gasteiger partial charge in [-0.2, -0.15) is 0 Å². The Kier molecular flexibility index (Phi) is 4.08. The molecule has 3 fully saturated rings. The van der Waals surface area contributed by atoms with Crippen LogP contribution in [0.15, 0.2) is 0 Å². The van der Waals surface area contributed by atoms with Crippen LogP contribution in [-0.2, 0) is 4.79 Å². The average Bonchev–Trinajstić information content (AvgIpc) is 3.15. The molecule has 2 N–H and O–H groups in total. The van der Waals surface area contributed by atoms with Gasteiger partial charge in [0, 0.05) is 37.1 Å². The van der Waals surface area contributed by atoms with Crippen LogP contribution in [0.2, 0.25) is 0 Å². The minimum Gasteiger partial charge on any atom is -0.353 e. The van der Waals surface area contributed by atoms with Gasteiger partial charge >= 0.3 is 0 Å². The second-order valence-electron chi connectivity index (χ2n) is 6.48. The van der Waals surface area contributed by atoms with Crippen molar-refractivity contribution in [3.63, 3.8) is 0 Å². The highest BCUT2D eigenvalue weighted by Gasteiger charge is 2.35. The summed E-state index contributed by atoms with van der Waals surface area (Å²) in [6, 6.07) is 2.66. The molecule has 1 amide bonds. The number of fused-ring (bicyclic) bond motifs is 2. The Balaban J connectivity index is 1.45. The molecule has 2 bridgehead atoms. The molecule has 0 radical (unpaired) electrons. The molecule has 4 nitrogen and oxygen atoms in total. The fraction of sp³-hybridized carbons (Fsp3) is 0.933. The van der Waals surface area contributed by atoms with E-state index in [0.29, 0.717) is 18.5 Å². The summed E-state index contributed by atoms with van der Waals surface area (Å²) in [5.74, 6) is 0.248. The molecule has 1 saturated carbocycles. The summed E-state index contributed by atoms with van der Waals surface area (Å²) in [7, 11) is 0. The molecular weight excluding hydrogens is 238 g/mol. The van der Waals surface area contributed by atoms with E-state index in [9.17, 15) is 4.79 Å². The molecule has 0 spiro atoms. The predicted molar refractivity (Wildman–Crippen MR) is 76.0 cm³/mol. The third-order valence-corrected chi connectivity index (χ3v) is 4.94. The number of carbonyl (C=O) groups is 1. The maximum absolute atomic E-state index is 11.8. The number of rotatable bonds is 6. The van der Waals surface area contributed by atoms with Gasteiger partial charge in [-0.25, -0.2) is 0 Å². The van der Waals surface area contributed by atoms with Crippen LogP contribution in [0.4, 0.5) is 0 Å². The van der Waals surface area contributed by atoms with Crippen LogP contribution in [0.1, 0.15) is 51.9 Å². The Labute approximate surface area is 116 Å². The minimum absolute atomic E-state index is 0.248. The predicted octanol–water partition coefficient (Wildman–Crippen LogP) is 1.26. The lowest BCUT2D eigenvalue weighted by molar-refractivity contribution is -0.121. The van der Waals surface area contributed by atoms with Crippen LogP contribution in [0.25, 0.3) is 0 Å². The summed E-state index contributed by atoms with van der Waals surface area (Å²) in [6.45, 7) is 4.22. The summed E-state index contributed by atoms with van der Waals surface area (Å²) in [4.78, 5) is 14.3. The van der Waals surface area contributed by atoms with E-state index in [4.69, 9.17) is 0 Å². The fourth-order valence-electron chi connectivity index (χ4n) is 3.70. The van der Waals surface area contributed by atoms with Crippen molar-refractivity contribution in [2.24, 2.45) is 0 Å². The summed E-state index contributed by atoms with van der Waals surface area (Å²) in [6.07, 6.45) is 8.27. The normalized spacial score (nSPS) is 33.7. The monoisotopic (exact) mass is 265 g/mol. The van der Waals surface area contributed by atoms with Crippen LogP contribution >= 0.6 is 0 Å². The molecule has 3 aliphatic rings. The number of nitrogens with one attached hydrogen (secondary N) is 2. The lowest BCUT2D eigenvalue weighted by Crippen LogP contribution is -2.49. The second-order valence-corrected chi connectivity index (χ2v) is 6.48.